The van der Waals surface area contributed by atoms with Crippen molar-refractivity contribution in [3.63, 3.8) is 0 Å². The molecule has 388 valence electrons. The number of nitrogens with one attached hydrogen (secondary N) is 2. The molecule has 1 unspecified atom stereocenters. The van der Waals surface area contributed by atoms with Gasteiger partial charge in [0.15, 0.2) is 6.10 Å². The van der Waals surface area contributed by atoms with E-state index in [4.69, 9.17) is 19.3 Å². The fourth-order valence-corrected chi connectivity index (χ4v) is 8.70. The van der Waals surface area contributed by atoms with E-state index in [-0.39, 0.29) is 61.4 Å². The maximum Gasteiger partial charge on any atom is 0.326 e. The Morgan fingerprint density at radius 3 is 1.47 bits per heavy atom. The number of carbonyl (C=O) groups is 7. The average Bonchev–Trinajstić information content (AvgIpc) is 3.31. The summed E-state index contributed by atoms with van der Waals surface area (Å²) in [5.41, 5.74) is 0.738. The van der Waals surface area contributed by atoms with E-state index in [1.807, 2.05) is 0 Å². The van der Waals surface area contributed by atoms with Gasteiger partial charge < -0.3 is 35.1 Å². The number of rotatable bonds is 45. The van der Waals surface area contributed by atoms with Gasteiger partial charge in [-0.05, 0) is 37.0 Å². The van der Waals surface area contributed by atoms with Crippen LogP contribution < -0.4 is 10.6 Å². The molecular formula is C53H88N2O12S. The predicted octanol–water partition coefficient (Wildman–Crippen LogP) is 11.4. The quantitative estimate of drug-likeness (QED) is 0.0272. The number of carbonyl (C=O) groups excluding carboxylic acids is 5. The standard InChI is InChI=1S/C53H88N2O12S/c1-4-6-8-10-12-14-16-18-20-22-24-26-28-30-49(59)65-39-45(67-50(60)31-29-27-25-23-21-19-17-15-13-11-9-7-5-2)40-68-41-47(66-42(3)56)52(62)54-38-43-32-34-44(35-33-43)51(61)55-46(53(63)64)36-37-48(57)58/h32-35,45-47H,4-31,36-41H2,1-3H3,(H,54,62)(H,55,61)(H,57,58)(H,63,64)/t45-,46+,47?/m1/s1. The fraction of sp³-hybridized carbons (Fsp3) is 0.755. The highest BCUT2D eigenvalue weighted by Gasteiger charge is 2.25. The van der Waals surface area contributed by atoms with E-state index in [1.165, 1.54) is 146 Å². The van der Waals surface area contributed by atoms with Crippen LogP contribution in [-0.2, 0) is 49.5 Å². The summed E-state index contributed by atoms with van der Waals surface area (Å²) >= 11 is 1.23. The van der Waals surface area contributed by atoms with Gasteiger partial charge in [0.05, 0.1) is 0 Å². The zero-order chi connectivity index (χ0) is 50.0. The predicted molar refractivity (Wildman–Crippen MR) is 268 cm³/mol. The molecule has 0 aliphatic rings. The molecule has 0 aromatic heterocycles. The zero-order valence-electron chi connectivity index (χ0n) is 42.0. The summed E-state index contributed by atoms with van der Waals surface area (Å²) in [5, 5.41) is 23.3. The van der Waals surface area contributed by atoms with Crippen LogP contribution in [0.3, 0.4) is 0 Å². The molecule has 15 heteroatoms. The number of aliphatic carboxylic acids is 2. The van der Waals surface area contributed by atoms with Crippen LogP contribution >= 0.6 is 11.8 Å². The molecule has 14 nitrogen and oxygen atoms in total. The number of hydrogen-bond donors (Lipinski definition) is 4. The van der Waals surface area contributed by atoms with Crippen LogP contribution in [0.25, 0.3) is 0 Å². The number of esters is 3. The number of benzene rings is 1. The maximum absolute atomic E-state index is 13.2. The summed E-state index contributed by atoms with van der Waals surface area (Å²) in [4.78, 5) is 86.0. The van der Waals surface area contributed by atoms with Crippen molar-refractivity contribution in [2.45, 2.75) is 238 Å². The molecule has 68 heavy (non-hydrogen) atoms. The minimum atomic E-state index is -1.38. The Balaban J connectivity index is 2.67. The van der Waals surface area contributed by atoms with Crippen molar-refractivity contribution < 1.29 is 58.0 Å². The van der Waals surface area contributed by atoms with Crippen molar-refractivity contribution in [3.8, 4) is 0 Å². The molecule has 0 radical (unpaired) electrons. The van der Waals surface area contributed by atoms with Gasteiger partial charge in [-0.2, -0.15) is 11.8 Å². The number of hydrogen-bond acceptors (Lipinski definition) is 11. The van der Waals surface area contributed by atoms with Gasteiger partial charge in [0.2, 0.25) is 0 Å². The third kappa shape index (κ3) is 35.0. The smallest absolute Gasteiger partial charge is 0.326 e. The molecule has 0 fully saturated rings. The summed E-state index contributed by atoms with van der Waals surface area (Å²) in [7, 11) is 0. The maximum atomic E-state index is 13.2. The fourth-order valence-electron chi connectivity index (χ4n) is 7.71. The highest BCUT2D eigenvalue weighted by Crippen LogP contribution is 2.17. The van der Waals surface area contributed by atoms with Crippen molar-refractivity contribution in [3.05, 3.63) is 35.4 Å². The number of ether oxygens (including phenoxy) is 3. The molecule has 0 aliphatic heterocycles. The summed E-state index contributed by atoms with van der Waals surface area (Å²) in [6, 6.07) is 4.64. The second kappa shape index (κ2) is 41.8. The summed E-state index contributed by atoms with van der Waals surface area (Å²) in [6.07, 6.45) is 29.1. The van der Waals surface area contributed by atoms with E-state index >= 15 is 0 Å². The molecule has 0 heterocycles. The van der Waals surface area contributed by atoms with Crippen LogP contribution in [0.1, 0.15) is 229 Å². The Morgan fingerprint density at radius 2 is 1.03 bits per heavy atom. The lowest BCUT2D eigenvalue weighted by molar-refractivity contribution is -0.157. The number of unbranched alkanes of at least 4 members (excludes halogenated alkanes) is 24. The number of carboxylic acids is 2. The lowest BCUT2D eigenvalue weighted by Gasteiger charge is -2.20. The molecule has 0 bridgehead atoms. The van der Waals surface area contributed by atoms with Crippen LogP contribution in [0.2, 0.25) is 0 Å². The number of carboxylic acid groups (broad SMARTS) is 2. The minimum absolute atomic E-state index is 0.0220. The lowest BCUT2D eigenvalue weighted by atomic mass is 10.0. The third-order valence-electron chi connectivity index (χ3n) is 11.8. The molecule has 3 atom stereocenters. The van der Waals surface area contributed by atoms with Crippen LogP contribution in [0, 0.1) is 0 Å². The van der Waals surface area contributed by atoms with Gasteiger partial charge in [0.1, 0.15) is 18.8 Å². The Kier molecular flexibility index (Phi) is 38.0. The molecule has 0 saturated heterocycles. The molecule has 4 N–H and O–H groups in total. The van der Waals surface area contributed by atoms with Gasteiger partial charge in [-0.15, -0.1) is 0 Å². The average molecular weight is 977 g/mol. The molecule has 1 aromatic rings. The van der Waals surface area contributed by atoms with Crippen molar-refractivity contribution >= 4 is 53.4 Å². The normalized spacial score (nSPS) is 12.4. The van der Waals surface area contributed by atoms with Gasteiger partial charge in [0.25, 0.3) is 11.8 Å². The van der Waals surface area contributed by atoms with Gasteiger partial charge in [-0.1, -0.05) is 180 Å². The first kappa shape index (κ1) is 61.9. The SMILES string of the molecule is CCCCCCCCCCCCCCCC(=O)OC[C@H](CSCC(OC(C)=O)C(=O)NCc1ccc(C(=O)N[C@@H](CCC(=O)O)C(=O)O)cc1)OC(=O)CCCCCCCCCCCCCCC. The first-order valence-electron chi connectivity index (χ1n) is 26.1. The second-order valence-electron chi connectivity index (χ2n) is 18.1. The van der Waals surface area contributed by atoms with Crippen LogP contribution in [0.4, 0.5) is 0 Å². The highest BCUT2D eigenvalue weighted by molar-refractivity contribution is 7.99. The molecular weight excluding hydrogens is 889 g/mol. The molecule has 1 rings (SSSR count). The first-order valence-corrected chi connectivity index (χ1v) is 27.2. The topological polar surface area (TPSA) is 212 Å². The van der Waals surface area contributed by atoms with Gasteiger partial charge in [0, 0.05) is 49.8 Å². The Labute approximate surface area is 412 Å². The molecule has 2 amide bonds. The van der Waals surface area contributed by atoms with Crippen molar-refractivity contribution in [1.29, 1.82) is 0 Å². The Bertz CT molecular complexity index is 1540. The monoisotopic (exact) mass is 977 g/mol. The highest BCUT2D eigenvalue weighted by atomic mass is 32.2. The van der Waals surface area contributed by atoms with Gasteiger partial charge in [-0.25, -0.2) is 4.79 Å². The molecule has 1 aromatic carbocycles. The van der Waals surface area contributed by atoms with Crippen LogP contribution in [0.15, 0.2) is 24.3 Å². The molecule has 0 spiro atoms. The minimum Gasteiger partial charge on any atom is -0.481 e. The number of amides is 2. The Hall–Kier alpha value is -4.14. The van der Waals surface area contributed by atoms with Gasteiger partial charge in [-0.3, -0.25) is 28.8 Å². The lowest BCUT2D eigenvalue weighted by Crippen LogP contribution is -2.41. The number of thioether (sulfide) groups is 1. The van der Waals surface area contributed by atoms with Crippen LogP contribution in [0.5, 0.6) is 0 Å². The van der Waals surface area contributed by atoms with E-state index in [0.717, 1.165) is 44.9 Å². The third-order valence-corrected chi connectivity index (χ3v) is 12.9. The Morgan fingerprint density at radius 1 is 0.574 bits per heavy atom. The molecule has 0 aliphatic carbocycles. The van der Waals surface area contributed by atoms with E-state index in [2.05, 4.69) is 24.5 Å². The second-order valence-corrected chi connectivity index (χ2v) is 19.2. The largest absolute Gasteiger partial charge is 0.481 e. The first-order chi connectivity index (χ1) is 32.9. The van der Waals surface area contributed by atoms with Crippen molar-refractivity contribution in [2.75, 3.05) is 18.1 Å². The van der Waals surface area contributed by atoms with Crippen molar-refractivity contribution in [1.82, 2.24) is 10.6 Å². The summed E-state index contributed by atoms with van der Waals surface area (Å²) < 4.78 is 16.8. The zero-order valence-corrected chi connectivity index (χ0v) is 42.8. The van der Waals surface area contributed by atoms with Gasteiger partial charge >= 0.3 is 29.8 Å². The van der Waals surface area contributed by atoms with E-state index in [9.17, 15) is 38.7 Å². The van der Waals surface area contributed by atoms with Crippen LogP contribution in [-0.4, -0.2) is 88.2 Å². The summed E-state index contributed by atoms with van der Waals surface area (Å²) in [6.45, 7) is 5.58. The van der Waals surface area contributed by atoms with E-state index in [1.54, 1.807) is 12.1 Å². The molecule has 0 saturated carbocycles. The summed E-state index contributed by atoms with van der Waals surface area (Å²) in [5.74, 6) is -4.94. The van der Waals surface area contributed by atoms with E-state index in [0.29, 0.717) is 12.0 Å². The van der Waals surface area contributed by atoms with E-state index < -0.39 is 54.4 Å². The van der Waals surface area contributed by atoms with Crippen molar-refractivity contribution in [2.24, 2.45) is 0 Å².